The van der Waals surface area contributed by atoms with Gasteiger partial charge in [0.2, 0.25) is 5.91 Å². The number of rotatable bonds is 4. The molecule has 0 aromatic heterocycles. The molecule has 1 unspecified atom stereocenters. The van der Waals surface area contributed by atoms with Crippen molar-refractivity contribution in [3.63, 3.8) is 0 Å². The first-order valence-corrected chi connectivity index (χ1v) is 6.64. The third-order valence-corrected chi connectivity index (χ3v) is 4.42. The summed E-state index contributed by atoms with van der Waals surface area (Å²) in [4.78, 5) is 12.3. The van der Waals surface area contributed by atoms with Crippen LogP contribution in [0.15, 0.2) is 0 Å². The Hall–Kier alpha value is -1.04. The molecule has 0 radical (unpaired) electrons. The van der Waals surface area contributed by atoms with E-state index in [0.717, 1.165) is 19.3 Å². The summed E-state index contributed by atoms with van der Waals surface area (Å²) in [5.41, 5.74) is -0.670. The largest absolute Gasteiger partial charge is 0.351 e. The highest BCUT2D eigenvalue weighted by atomic mass is 16.2. The molecule has 1 aliphatic carbocycles. The first-order valence-electron chi connectivity index (χ1n) is 6.64. The molecule has 0 aromatic rings. The summed E-state index contributed by atoms with van der Waals surface area (Å²) in [6.45, 7) is 8.20. The predicted molar refractivity (Wildman–Crippen MR) is 68.2 cm³/mol. The molecule has 1 fully saturated rings. The van der Waals surface area contributed by atoms with E-state index in [1.165, 1.54) is 0 Å². The lowest BCUT2D eigenvalue weighted by Gasteiger charge is -2.31. The molecule has 0 aliphatic heterocycles. The summed E-state index contributed by atoms with van der Waals surface area (Å²) in [6.07, 6.45) is 4.51. The first kappa shape index (κ1) is 14.0. The highest BCUT2D eigenvalue weighted by molar-refractivity contribution is 5.85. The van der Waals surface area contributed by atoms with E-state index in [2.05, 4.69) is 25.2 Å². The molecule has 1 aliphatic rings. The van der Waals surface area contributed by atoms with E-state index in [1.54, 1.807) is 0 Å². The molecule has 17 heavy (non-hydrogen) atoms. The van der Waals surface area contributed by atoms with E-state index in [9.17, 15) is 10.1 Å². The molecule has 1 saturated carbocycles. The van der Waals surface area contributed by atoms with Crippen molar-refractivity contribution in [1.29, 1.82) is 5.26 Å². The number of hydrogen-bond acceptors (Lipinski definition) is 2. The van der Waals surface area contributed by atoms with E-state index >= 15 is 0 Å². The number of nitriles is 1. The Kier molecular flexibility index (Phi) is 4.19. The smallest absolute Gasteiger partial charge is 0.240 e. The average molecular weight is 236 g/mol. The minimum absolute atomic E-state index is 0.0787. The van der Waals surface area contributed by atoms with Gasteiger partial charge in [-0.25, -0.2) is 0 Å². The van der Waals surface area contributed by atoms with Gasteiger partial charge in [0.25, 0.3) is 0 Å². The van der Waals surface area contributed by atoms with Gasteiger partial charge in [0.05, 0.1) is 6.07 Å². The van der Waals surface area contributed by atoms with E-state index < -0.39 is 5.41 Å². The number of nitrogens with zero attached hydrogens (tertiary/aromatic N) is 1. The maximum Gasteiger partial charge on any atom is 0.240 e. The molecule has 0 spiro atoms. The molecule has 0 saturated heterocycles. The van der Waals surface area contributed by atoms with Crippen LogP contribution < -0.4 is 5.32 Å². The summed E-state index contributed by atoms with van der Waals surface area (Å²) < 4.78 is 0. The quantitative estimate of drug-likeness (QED) is 0.815. The van der Waals surface area contributed by atoms with Crippen LogP contribution in [0.4, 0.5) is 0 Å². The highest BCUT2D eigenvalue weighted by Crippen LogP contribution is 2.38. The summed E-state index contributed by atoms with van der Waals surface area (Å²) in [5.74, 6) is -0.0787. The standard InChI is InChI=1S/C14H24N2O/c1-5-14(6-2,10-15)12(17)16-11-8-7-9-13(11,3)4/h11H,5-9H2,1-4H3,(H,16,17). The molecule has 0 bridgehead atoms. The lowest BCUT2D eigenvalue weighted by molar-refractivity contribution is -0.129. The van der Waals surface area contributed by atoms with Crippen LogP contribution in [-0.4, -0.2) is 11.9 Å². The Balaban J connectivity index is 2.75. The van der Waals surface area contributed by atoms with Crippen LogP contribution >= 0.6 is 0 Å². The fourth-order valence-corrected chi connectivity index (χ4v) is 2.67. The second-order valence-corrected chi connectivity index (χ2v) is 5.81. The number of nitrogens with one attached hydrogen (secondary N) is 1. The van der Waals surface area contributed by atoms with Crippen molar-refractivity contribution >= 4 is 5.91 Å². The maximum absolute atomic E-state index is 12.3. The molecule has 0 aromatic carbocycles. The minimum atomic E-state index is -0.835. The molecular weight excluding hydrogens is 212 g/mol. The SMILES string of the molecule is CCC(C#N)(CC)C(=O)NC1CCCC1(C)C. The van der Waals surface area contributed by atoms with Gasteiger partial charge in [-0.1, -0.05) is 34.1 Å². The second-order valence-electron chi connectivity index (χ2n) is 5.81. The van der Waals surface area contributed by atoms with E-state index in [1.807, 2.05) is 13.8 Å². The molecule has 3 nitrogen and oxygen atoms in total. The Bertz CT molecular complexity index is 324. The third-order valence-electron chi connectivity index (χ3n) is 4.42. The zero-order valence-corrected chi connectivity index (χ0v) is 11.5. The van der Waals surface area contributed by atoms with Crippen molar-refractivity contribution < 1.29 is 4.79 Å². The maximum atomic E-state index is 12.3. The Morgan fingerprint density at radius 2 is 2.06 bits per heavy atom. The summed E-state index contributed by atoms with van der Waals surface area (Å²) >= 11 is 0. The molecule has 1 N–H and O–H groups in total. The van der Waals surface area contributed by atoms with Crippen molar-refractivity contribution in [2.24, 2.45) is 10.8 Å². The Labute approximate surface area is 105 Å². The Morgan fingerprint density at radius 3 is 2.41 bits per heavy atom. The van der Waals surface area contributed by atoms with Crippen molar-refractivity contribution in [2.45, 2.75) is 65.8 Å². The summed E-state index contributed by atoms with van der Waals surface area (Å²) in [6, 6.07) is 2.43. The van der Waals surface area contributed by atoms with Crippen molar-refractivity contribution in [2.75, 3.05) is 0 Å². The van der Waals surface area contributed by atoms with Crippen LogP contribution in [-0.2, 0) is 4.79 Å². The van der Waals surface area contributed by atoms with Gasteiger partial charge in [0.1, 0.15) is 5.41 Å². The molecule has 1 amide bonds. The van der Waals surface area contributed by atoms with E-state index in [4.69, 9.17) is 0 Å². The first-order chi connectivity index (χ1) is 7.91. The lowest BCUT2D eigenvalue weighted by Crippen LogP contribution is -2.48. The van der Waals surface area contributed by atoms with Crippen LogP contribution in [0.2, 0.25) is 0 Å². The van der Waals surface area contributed by atoms with Gasteiger partial charge in [0, 0.05) is 6.04 Å². The zero-order valence-electron chi connectivity index (χ0n) is 11.5. The van der Waals surface area contributed by atoms with Crippen LogP contribution in [0.25, 0.3) is 0 Å². The van der Waals surface area contributed by atoms with Gasteiger partial charge in [-0.05, 0) is 31.1 Å². The van der Waals surface area contributed by atoms with Crippen LogP contribution in [0.5, 0.6) is 0 Å². The number of carbonyl (C=O) groups excluding carboxylic acids is 1. The average Bonchev–Trinajstić information content (AvgIpc) is 2.62. The lowest BCUT2D eigenvalue weighted by atomic mass is 9.81. The topological polar surface area (TPSA) is 52.9 Å². The minimum Gasteiger partial charge on any atom is -0.351 e. The number of hydrogen-bond donors (Lipinski definition) is 1. The summed E-state index contributed by atoms with van der Waals surface area (Å²) in [5, 5.41) is 12.3. The fourth-order valence-electron chi connectivity index (χ4n) is 2.67. The van der Waals surface area contributed by atoms with Crippen LogP contribution in [0, 0.1) is 22.2 Å². The third kappa shape index (κ3) is 2.62. The number of amides is 1. The van der Waals surface area contributed by atoms with Crippen LogP contribution in [0.3, 0.4) is 0 Å². The molecule has 3 heteroatoms. The predicted octanol–water partition coefficient (Wildman–Crippen LogP) is 3.01. The molecule has 1 rings (SSSR count). The van der Waals surface area contributed by atoms with Gasteiger partial charge >= 0.3 is 0 Å². The number of carbonyl (C=O) groups is 1. The van der Waals surface area contributed by atoms with E-state index in [0.29, 0.717) is 12.8 Å². The van der Waals surface area contributed by atoms with Crippen molar-refractivity contribution in [1.82, 2.24) is 5.32 Å². The van der Waals surface area contributed by atoms with Gasteiger partial charge < -0.3 is 5.32 Å². The second kappa shape index (κ2) is 5.08. The van der Waals surface area contributed by atoms with Gasteiger partial charge in [-0.2, -0.15) is 5.26 Å². The van der Waals surface area contributed by atoms with Gasteiger partial charge in [-0.15, -0.1) is 0 Å². The monoisotopic (exact) mass is 236 g/mol. The normalized spacial score (nSPS) is 23.1. The van der Waals surface area contributed by atoms with Gasteiger partial charge in [0.15, 0.2) is 0 Å². The van der Waals surface area contributed by atoms with Crippen LogP contribution in [0.1, 0.15) is 59.8 Å². The van der Waals surface area contributed by atoms with E-state index in [-0.39, 0.29) is 17.4 Å². The molecule has 1 atom stereocenters. The Morgan fingerprint density at radius 1 is 1.47 bits per heavy atom. The zero-order chi connectivity index (χ0) is 13.1. The van der Waals surface area contributed by atoms with Gasteiger partial charge in [-0.3, -0.25) is 4.79 Å². The highest BCUT2D eigenvalue weighted by Gasteiger charge is 2.41. The summed E-state index contributed by atoms with van der Waals surface area (Å²) in [7, 11) is 0. The van der Waals surface area contributed by atoms with Crippen molar-refractivity contribution in [3.8, 4) is 6.07 Å². The molecular formula is C14H24N2O. The fraction of sp³-hybridized carbons (Fsp3) is 0.857. The molecule has 0 heterocycles. The van der Waals surface area contributed by atoms with Crippen molar-refractivity contribution in [3.05, 3.63) is 0 Å². The molecule has 96 valence electrons.